The van der Waals surface area contributed by atoms with Gasteiger partial charge in [0.25, 0.3) is 0 Å². The van der Waals surface area contributed by atoms with Gasteiger partial charge in [-0.3, -0.25) is 0 Å². The average Bonchev–Trinajstić information content (AvgIpc) is 2.42. The first-order chi connectivity index (χ1) is 9.12. The fourth-order valence-corrected chi connectivity index (χ4v) is 1.90. The second kappa shape index (κ2) is 6.18. The van der Waals surface area contributed by atoms with Crippen molar-refractivity contribution >= 4 is 33.5 Å². The van der Waals surface area contributed by atoms with Gasteiger partial charge in [-0.05, 0) is 34.3 Å². The molecule has 1 aromatic heterocycles. The summed E-state index contributed by atoms with van der Waals surface area (Å²) in [4.78, 5) is 8.24. The summed E-state index contributed by atoms with van der Waals surface area (Å²) in [7, 11) is 0. The van der Waals surface area contributed by atoms with E-state index in [2.05, 4.69) is 31.3 Å². The standard InChI is InChI=1S/C11H10BrFN4OS/c1-19-11-15-9(17-14)5-10(16-11)18-6-2-3-7(12)8(13)4-6/h2-5H,14H2,1H3,(H,15,16,17). The van der Waals surface area contributed by atoms with Crippen LogP contribution in [0.1, 0.15) is 0 Å². The highest BCUT2D eigenvalue weighted by Crippen LogP contribution is 2.26. The summed E-state index contributed by atoms with van der Waals surface area (Å²) >= 11 is 4.42. The Morgan fingerprint density at radius 3 is 2.79 bits per heavy atom. The van der Waals surface area contributed by atoms with Gasteiger partial charge in [0.15, 0.2) is 5.16 Å². The highest BCUT2D eigenvalue weighted by Gasteiger charge is 2.07. The van der Waals surface area contributed by atoms with Gasteiger partial charge in [-0.2, -0.15) is 4.98 Å². The van der Waals surface area contributed by atoms with Crippen LogP contribution in [0.3, 0.4) is 0 Å². The van der Waals surface area contributed by atoms with E-state index < -0.39 is 5.82 Å². The quantitative estimate of drug-likeness (QED) is 0.384. The zero-order valence-corrected chi connectivity index (χ0v) is 12.3. The summed E-state index contributed by atoms with van der Waals surface area (Å²) in [6.45, 7) is 0. The number of hydrogen-bond acceptors (Lipinski definition) is 6. The van der Waals surface area contributed by atoms with Crippen molar-refractivity contribution in [1.29, 1.82) is 0 Å². The Morgan fingerprint density at radius 2 is 2.16 bits per heavy atom. The molecule has 0 saturated heterocycles. The van der Waals surface area contributed by atoms with Crippen LogP contribution in [0.4, 0.5) is 10.2 Å². The van der Waals surface area contributed by atoms with Crippen LogP contribution in [0.2, 0.25) is 0 Å². The van der Waals surface area contributed by atoms with Crippen LogP contribution in [0, 0.1) is 5.82 Å². The fourth-order valence-electron chi connectivity index (χ4n) is 1.28. The summed E-state index contributed by atoms with van der Waals surface area (Å²) in [5.41, 5.74) is 2.42. The number of nitrogens with zero attached hydrogens (tertiary/aromatic N) is 2. The fraction of sp³-hybridized carbons (Fsp3) is 0.0909. The number of nitrogen functional groups attached to an aromatic ring is 1. The Balaban J connectivity index is 2.29. The topological polar surface area (TPSA) is 73.1 Å². The second-order valence-electron chi connectivity index (χ2n) is 3.40. The number of rotatable bonds is 4. The van der Waals surface area contributed by atoms with E-state index in [0.717, 1.165) is 0 Å². The minimum absolute atomic E-state index is 0.286. The van der Waals surface area contributed by atoms with Crippen molar-refractivity contribution in [3.05, 3.63) is 34.6 Å². The molecule has 0 radical (unpaired) electrons. The molecule has 8 heteroatoms. The average molecular weight is 345 g/mol. The molecule has 0 amide bonds. The number of benzene rings is 1. The number of nitrogens with one attached hydrogen (secondary N) is 1. The normalized spacial score (nSPS) is 10.3. The Bertz CT molecular complexity index is 577. The van der Waals surface area contributed by atoms with Gasteiger partial charge in [0.1, 0.15) is 17.4 Å². The number of anilines is 1. The summed E-state index contributed by atoms with van der Waals surface area (Å²) in [5, 5.41) is 0.503. The van der Waals surface area contributed by atoms with Crippen molar-refractivity contribution in [3.8, 4) is 11.6 Å². The maximum absolute atomic E-state index is 13.4. The van der Waals surface area contributed by atoms with Crippen molar-refractivity contribution in [2.24, 2.45) is 5.84 Å². The lowest BCUT2D eigenvalue weighted by molar-refractivity contribution is 0.451. The van der Waals surface area contributed by atoms with Crippen molar-refractivity contribution in [3.63, 3.8) is 0 Å². The molecule has 5 nitrogen and oxygen atoms in total. The molecule has 0 fully saturated rings. The molecule has 0 aliphatic rings. The van der Waals surface area contributed by atoms with Crippen LogP contribution in [0.15, 0.2) is 33.9 Å². The predicted molar refractivity (Wildman–Crippen MR) is 75.8 cm³/mol. The third-order valence-electron chi connectivity index (χ3n) is 2.13. The van der Waals surface area contributed by atoms with E-state index in [1.165, 1.54) is 23.9 Å². The number of hydrogen-bond donors (Lipinski definition) is 2. The first-order valence-electron chi connectivity index (χ1n) is 5.15. The molecule has 0 bridgehead atoms. The van der Waals surface area contributed by atoms with E-state index >= 15 is 0 Å². The maximum atomic E-state index is 13.4. The number of hydrazine groups is 1. The molecule has 0 aliphatic carbocycles. The SMILES string of the molecule is CSc1nc(NN)cc(Oc2ccc(Br)c(F)c2)n1. The van der Waals surface area contributed by atoms with Crippen LogP contribution >= 0.6 is 27.7 Å². The van der Waals surface area contributed by atoms with Crippen molar-refractivity contribution in [2.75, 3.05) is 11.7 Å². The van der Waals surface area contributed by atoms with Crippen molar-refractivity contribution in [2.45, 2.75) is 5.16 Å². The lowest BCUT2D eigenvalue weighted by atomic mass is 10.3. The molecule has 2 rings (SSSR count). The summed E-state index contributed by atoms with van der Waals surface area (Å²) < 4.78 is 19.2. The van der Waals surface area contributed by atoms with Gasteiger partial charge in [-0.1, -0.05) is 11.8 Å². The third kappa shape index (κ3) is 3.55. The monoisotopic (exact) mass is 344 g/mol. The van der Waals surface area contributed by atoms with E-state index in [0.29, 0.717) is 21.2 Å². The number of thioether (sulfide) groups is 1. The van der Waals surface area contributed by atoms with Crippen LogP contribution in [-0.2, 0) is 0 Å². The number of nitrogens with two attached hydrogens (primary N) is 1. The summed E-state index contributed by atoms with van der Waals surface area (Å²) in [6, 6.07) is 5.98. The second-order valence-corrected chi connectivity index (χ2v) is 5.03. The summed E-state index contributed by atoms with van der Waals surface area (Å²) in [5.74, 6) is 5.95. The van der Waals surface area contributed by atoms with Crippen LogP contribution in [-0.4, -0.2) is 16.2 Å². The lowest BCUT2D eigenvalue weighted by Gasteiger charge is -2.08. The molecule has 0 aliphatic heterocycles. The van der Waals surface area contributed by atoms with Crippen LogP contribution in [0.25, 0.3) is 0 Å². The smallest absolute Gasteiger partial charge is 0.225 e. The van der Waals surface area contributed by atoms with E-state index in [4.69, 9.17) is 10.6 Å². The van der Waals surface area contributed by atoms with Crippen LogP contribution < -0.4 is 16.0 Å². The van der Waals surface area contributed by atoms with Gasteiger partial charge in [-0.25, -0.2) is 15.2 Å². The van der Waals surface area contributed by atoms with Gasteiger partial charge >= 0.3 is 0 Å². The Morgan fingerprint density at radius 1 is 1.37 bits per heavy atom. The molecule has 3 N–H and O–H groups in total. The zero-order valence-electron chi connectivity index (χ0n) is 9.85. The first-order valence-corrected chi connectivity index (χ1v) is 7.16. The van der Waals surface area contributed by atoms with Gasteiger partial charge in [0, 0.05) is 12.1 Å². The largest absolute Gasteiger partial charge is 0.439 e. The van der Waals surface area contributed by atoms with Gasteiger partial charge in [-0.15, -0.1) is 0 Å². The van der Waals surface area contributed by atoms with Gasteiger partial charge in [0.2, 0.25) is 5.88 Å². The molecule has 19 heavy (non-hydrogen) atoms. The highest BCUT2D eigenvalue weighted by atomic mass is 79.9. The Hall–Kier alpha value is -1.38. The first kappa shape index (κ1) is 14.0. The number of aromatic nitrogens is 2. The molecule has 100 valence electrons. The number of halogens is 2. The van der Waals surface area contributed by atoms with E-state index in [-0.39, 0.29) is 5.88 Å². The molecule has 0 unspecified atom stereocenters. The van der Waals surface area contributed by atoms with E-state index in [1.54, 1.807) is 12.1 Å². The summed E-state index contributed by atoms with van der Waals surface area (Å²) in [6.07, 6.45) is 1.83. The predicted octanol–water partition coefficient (Wildman–Crippen LogP) is 3.18. The maximum Gasteiger partial charge on any atom is 0.225 e. The lowest BCUT2D eigenvalue weighted by Crippen LogP contribution is -2.09. The molecule has 0 spiro atoms. The minimum atomic E-state index is -0.409. The Kier molecular flexibility index (Phi) is 4.56. The number of ether oxygens (including phenoxy) is 1. The van der Waals surface area contributed by atoms with Gasteiger partial charge in [0.05, 0.1) is 4.47 Å². The molecular weight excluding hydrogens is 335 g/mol. The van der Waals surface area contributed by atoms with Crippen LogP contribution in [0.5, 0.6) is 11.6 Å². The van der Waals surface area contributed by atoms with Crippen molar-refractivity contribution < 1.29 is 9.13 Å². The highest BCUT2D eigenvalue weighted by molar-refractivity contribution is 9.10. The molecule has 0 saturated carbocycles. The molecule has 1 aromatic carbocycles. The van der Waals surface area contributed by atoms with E-state index in [1.807, 2.05) is 6.26 Å². The molecule has 0 atom stereocenters. The minimum Gasteiger partial charge on any atom is -0.439 e. The third-order valence-corrected chi connectivity index (χ3v) is 3.32. The Labute approximate surface area is 121 Å². The molecule has 1 heterocycles. The van der Waals surface area contributed by atoms with Gasteiger partial charge < -0.3 is 10.2 Å². The van der Waals surface area contributed by atoms with E-state index in [9.17, 15) is 4.39 Å². The molecular formula is C11H10BrFN4OS. The molecule has 2 aromatic rings. The zero-order chi connectivity index (χ0) is 13.8. The van der Waals surface area contributed by atoms with Crippen molar-refractivity contribution in [1.82, 2.24) is 9.97 Å².